The number of aliphatic hydroxyl groups is 1. The van der Waals surface area contributed by atoms with E-state index in [1.54, 1.807) is 48.5 Å². The van der Waals surface area contributed by atoms with Crippen LogP contribution < -0.4 is 4.74 Å². The fraction of sp³-hybridized carbons (Fsp3) is 0.194. The number of rotatable bonds is 8. The maximum Gasteiger partial charge on any atom is 0.343 e. The molecule has 0 aromatic heterocycles. The molecule has 7 heteroatoms. The molecule has 0 saturated carbocycles. The van der Waals surface area contributed by atoms with Crippen molar-refractivity contribution in [2.75, 3.05) is 6.61 Å². The van der Waals surface area contributed by atoms with Crippen LogP contribution in [0.3, 0.4) is 0 Å². The van der Waals surface area contributed by atoms with Crippen molar-refractivity contribution in [3.8, 4) is 28.0 Å². The van der Waals surface area contributed by atoms with E-state index in [2.05, 4.69) is 0 Å². The highest BCUT2D eigenvalue weighted by Gasteiger charge is 2.28. The number of carbonyl (C=O) groups excluding carboxylic acids is 1. The number of carbonyl (C=O) groups is 1. The smallest absolute Gasteiger partial charge is 0.343 e. The van der Waals surface area contributed by atoms with Gasteiger partial charge in [0.25, 0.3) is 0 Å². The lowest BCUT2D eigenvalue weighted by Crippen LogP contribution is -2.10. The highest BCUT2D eigenvalue weighted by Crippen LogP contribution is 2.34. The van der Waals surface area contributed by atoms with Crippen LogP contribution in [0, 0.1) is 17.5 Å². The maximum atomic E-state index is 14.9. The fourth-order valence-corrected chi connectivity index (χ4v) is 4.31. The summed E-state index contributed by atoms with van der Waals surface area (Å²) in [6, 6.07) is 20.2. The highest BCUT2D eigenvalue weighted by atomic mass is 19.2. The quantitative estimate of drug-likeness (QED) is 0.149. The van der Waals surface area contributed by atoms with Crippen LogP contribution in [0.15, 0.2) is 78.9 Å². The molecule has 4 nitrogen and oxygen atoms in total. The number of hydrogen-bond acceptors (Lipinski definition) is 4. The average molecular weight is 519 g/mol. The van der Waals surface area contributed by atoms with Crippen LogP contribution in [-0.2, 0) is 4.74 Å². The number of aliphatic hydroxyl groups excluding tert-OH is 1. The van der Waals surface area contributed by atoms with Gasteiger partial charge in [-0.15, -0.1) is 0 Å². The first kappa shape index (κ1) is 25.7. The first-order valence-corrected chi connectivity index (χ1v) is 12.4. The van der Waals surface area contributed by atoms with Gasteiger partial charge in [-0.25, -0.2) is 13.6 Å². The molecular formula is C31H25F3O4. The molecule has 0 amide bonds. The Morgan fingerprint density at radius 1 is 0.921 bits per heavy atom. The molecule has 1 heterocycles. The van der Waals surface area contributed by atoms with E-state index < -0.39 is 29.5 Å². The predicted molar refractivity (Wildman–Crippen MR) is 137 cm³/mol. The summed E-state index contributed by atoms with van der Waals surface area (Å²) in [7, 11) is 0. The van der Waals surface area contributed by atoms with E-state index in [4.69, 9.17) is 9.47 Å². The summed E-state index contributed by atoms with van der Waals surface area (Å²) in [5, 5.41) is 10.1. The average Bonchev–Trinajstić information content (AvgIpc) is 3.77. The standard InChI is InChI=1S/C31H25F3O4/c1-2-3-26(35)20-8-6-19(7-9-20)23-14-15-27(30(34)29(23)33)38-31(36)21-10-4-18(5-11-21)22-12-13-24(25(32)16-22)28-17-37-28/h4-16,26,28,35H,2-3,17H2,1H3. The van der Waals surface area contributed by atoms with Gasteiger partial charge in [0.2, 0.25) is 5.82 Å². The van der Waals surface area contributed by atoms with Gasteiger partial charge in [-0.2, -0.15) is 4.39 Å². The molecule has 1 saturated heterocycles. The number of epoxide rings is 1. The molecule has 1 aliphatic rings. The lowest BCUT2D eigenvalue weighted by atomic mass is 9.99. The molecule has 1 aliphatic heterocycles. The first-order valence-electron chi connectivity index (χ1n) is 12.4. The predicted octanol–water partition coefficient (Wildman–Crippen LogP) is 7.56. The van der Waals surface area contributed by atoms with Crippen molar-refractivity contribution in [3.05, 3.63) is 113 Å². The molecule has 0 spiro atoms. The molecule has 1 fully saturated rings. The summed E-state index contributed by atoms with van der Waals surface area (Å²) in [5.74, 6) is -4.17. The van der Waals surface area contributed by atoms with Crippen LogP contribution in [0.2, 0.25) is 0 Å². The Kier molecular flexibility index (Phi) is 7.31. The number of halogens is 3. The monoisotopic (exact) mass is 518 g/mol. The van der Waals surface area contributed by atoms with E-state index in [0.717, 1.165) is 6.42 Å². The van der Waals surface area contributed by atoms with E-state index in [1.807, 2.05) is 6.92 Å². The normalized spacial score (nSPS) is 15.2. The molecule has 4 aromatic carbocycles. The van der Waals surface area contributed by atoms with E-state index in [9.17, 15) is 23.1 Å². The largest absolute Gasteiger partial charge is 0.420 e. The number of benzene rings is 4. The van der Waals surface area contributed by atoms with Gasteiger partial charge >= 0.3 is 5.97 Å². The summed E-state index contributed by atoms with van der Waals surface area (Å²) in [6.45, 7) is 2.48. The van der Waals surface area contributed by atoms with Gasteiger partial charge < -0.3 is 14.6 Å². The van der Waals surface area contributed by atoms with Gasteiger partial charge in [-0.3, -0.25) is 0 Å². The van der Waals surface area contributed by atoms with Gasteiger partial charge in [0, 0.05) is 11.1 Å². The van der Waals surface area contributed by atoms with Crippen molar-refractivity contribution in [2.45, 2.75) is 32.0 Å². The van der Waals surface area contributed by atoms with Crippen molar-refractivity contribution >= 4 is 5.97 Å². The molecule has 38 heavy (non-hydrogen) atoms. The van der Waals surface area contributed by atoms with Crippen LogP contribution in [0.5, 0.6) is 5.75 Å². The van der Waals surface area contributed by atoms with Crippen LogP contribution in [0.25, 0.3) is 22.3 Å². The molecule has 4 aromatic rings. The molecule has 0 aliphatic carbocycles. The molecule has 194 valence electrons. The van der Waals surface area contributed by atoms with Gasteiger partial charge in [0.05, 0.1) is 18.3 Å². The van der Waals surface area contributed by atoms with Crippen LogP contribution in [0.4, 0.5) is 13.2 Å². The number of esters is 1. The summed E-state index contributed by atoms with van der Waals surface area (Å²) in [4.78, 5) is 12.6. The minimum atomic E-state index is -1.28. The Hall–Kier alpha value is -3.94. The molecular weight excluding hydrogens is 493 g/mol. The lowest BCUT2D eigenvalue weighted by Gasteiger charge is -2.12. The van der Waals surface area contributed by atoms with Gasteiger partial charge in [0.1, 0.15) is 11.9 Å². The summed E-state index contributed by atoms with van der Waals surface area (Å²) in [6.07, 6.45) is 0.617. The Balaban J connectivity index is 1.29. The molecule has 2 atom stereocenters. The molecule has 2 unspecified atom stereocenters. The van der Waals surface area contributed by atoms with E-state index in [-0.39, 0.29) is 23.0 Å². The minimum Gasteiger partial charge on any atom is -0.420 e. The Morgan fingerprint density at radius 2 is 1.58 bits per heavy atom. The summed E-state index contributed by atoms with van der Waals surface area (Å²) >= 11 is 0. The zero-order valence-corrected chi connectivity index (χ0v) is 20.6. The third-order valence-corrected chi connectivity index (χ3v) is 6.55. The van der Waals surface area contributed by atoms with E-state index >= 15 is 0 Å². The molecule has 5 rings (SSSR count). The topological polar surface area (TPSA) is 59.1 Å². The first-order chi connectivity index (χ1) is 18.4. The van der Waals surface area contributed by atoms with E-state index in [0.29, 0.717) is 40.8 Å². The van der Waals surface area contributed by atoms with Crippen LogP contribution in [0.1, 0.15) is 53.5 Å². The van der Waals surface area contributed by atoms with Crippen molar-refractivity contribution in [2.24, 2.45) is 0 Å². The van der Waals surface area contributed by atoms with Crippen LogP contribution >= 0.6 is 0 Å². The van der Waals surface area contributed by atoms with Crippen molar-refractivity contribution in [1.29, 1.82) is 0 Å². The van der Waals surface area contributed by atoms with Crippen molar-refractivity contribution in [3.63, 3.8) is 0 Å². The Morgan fingerprint density at radius 3 is 2.21 bits per heavy atom. The van der Waals surface area contributed by atoms with Gasteiger partial charge in [-0.1, -0.05) is 61.9 Å². The SMILES string of the molecule is CCCC(O)c1ccc(-c2ccc(OC(=O)c3ccc(-c4ccc(C5CO5)c(F)c4)cc3)c(F)c2F)cc1. The molecule has 0 radical (unpaired) electrons. The second kappa shape index (κ2) is 10.8. The number of ether oxygens (including phenoxy) is 2. The van der Waals surface area contributed by atoms with Crippen molar-refractivity contribution in [1.82, 2.24) is 0 Å². The summed E-state index contributed by atoms with van der Waals surface area (Å²) < 4.78 is 54.3. The van der Waals surface area contributed by atoms with E-state index in [1.165, 1.54) is 30.3 Å². The zero-order chi connectivity index (χ0) is 26.8. The van der Waals surface area contributed by atoms with Gasteiger partial charge in [0.15, 0.2) is 11.6 Å². The maximum absolute atomic E-state index is 14.9. The highest BCUT2D eigenvalue weighted by molar-refractivity contribution is 5.91. The second-order valence-corrected chi connectivity index (χ2v) is 9.19. The minimum absolute atomic E-state index is 0.00896. The lowest BCUT2D eigenvalue weighted by molar-refractivity contribution is 0.0726. The Labute approximate surface area is 218 Å². The van der Waals surface area contributed by atoms with Gasteiger partial charge in [-0.05, 0) is 59.0 Å². The van der Waals surface area contributed by atoms with Crippen molar-refractivity contribution < 1.29 is 32.5 Å². The molecule has 0 bridgehead atoms. The summed E-state index contributed by atoms with van der Waals surface area (Å²) in [5.41, 5.74) is 3.08. The third-order valence-electron chi connectivity index (χ3n) is 6.55. The Bertz CT molecular complexity index is 1460. The second-order valence-electron chi connectivity index (χ2n) is 9.19. The zero-order valence-electron chi connectivity index (χ0n) is 20.6. The number of hydrogen-bond donors (Lipinski definition) is 1. The third kappa shape index (κ3) is 5.35. The fourth-order valence-electron chi connectivity index (χ4n) is 4.31. The van der Waals surface area contributed by atoms with Crippen LogP contribution in [-0.4, -0.2) is 17.7 Å². The molecule has 1 N–H and O–H groups in total.